The molecule has 0 radical (unpaired) electrons. The molecule has 1 fully saturated rings. The molecular formula is C21H28BrN5S. The molecule has 0 aliphatic carbocycles. The first-order valence-electron chi connectivity index (χ1n) is 9.96. The van der Waals surface area contributed by atoms with Gasteiger partial charge in [0, 0.05) is 65.8 Å². The van der Waals surface area contributed by atoms with Crippen molar-refractivity contribution in [1.82, 2.24) is 4.90 Å². The summed E-state index contributed by atoms with van der Waals surface area (Å²) in [5, 5.41) is 0. The van der Waals surface area contributed by atoms with Gasteiger partial charge in [0.2, 0.25) is 0 Å². The maximum Gasteiger partial charge on any atom is 0.0554 e. The molecule has 150 valence electrons. The zero-order valence-electron chi connectivity index (χ0n) is 16.1. The van der Waals surface area contributed by atoms with Crippen molar-refractivity contribution in [3.05, 3.63) is 40.9 Å². The van der Waals surface area contributed by atoms with Gasteiger partial charge in [-0.25, -0.2) is 0 Å². The summed E-state index contributed by atoms with van der Waals surface area (Å²) in [4.78, 5) is 9.98. The predicted molar refractivity (Wildman–Crippen MR) is 123 cm³/mol. The maximum atomic E-state index is 5.81. The van der Waals surface area contributed by atoms with E-state index in [0.29, 0.717) is 6.54 Å². The molecule has 28 heavy (non-hydrogen) atoms. The van der Waals surface area contributed by atoms with E-state index in [9.17, 15) is 0 Å². The standard InChI is InChI=1S/C21H28BrN5S/c22-16-2-4-18-20(14-16)28-21-15-17(3-5-19(21)27(18)8-1-6-23)26-12-10-25(9-7-24)11-13-26/h2-5,14-15H,1,6-13,23-24H2. The Balaban J connectivity index is 1.59. The second-order valence-corrected chi connectivity index (χ2v) is 9.28. The van der Waals surface area contributed by atoms with Gasteiger partial charge < -0.3 is 21.3 Å². The minimum Gasteiger partial charge on any atom is -0.369 e. The zero-order chi connectivity index (χ0) is 19.5. The van der Waals surface area contributed by atoms with Gasteiger partial charge in [-0.05, 0) is 49.4 Å². The topological polar surface area (TPSA) is 61.8 Å². The molecule has 0 atom stereocenters. The maximum absolute atomic E-state index is 5.81. The molecule has 4 rings (SSSR count). The van der Waals surface area contributed by atoms with E-state index in [1.54, 1.807) is 0 Å². The summed E-state index contributed by atoms with van der Waals surface area (Å²) >= 11 is 5.49. The number of halogens is 1. The van der Waals surface area contributed by atoms with Gasteiger partial charge in [0.1, 0.15) is 0 Å². The lowest BCUT2D eigenvalue weighted by molar-refractivity contribution is 0.265. The molecule has 2 aliphatic rings. The fraction of sp³-hybridized carbons (Fsp3) is 0.429. The van der Waals surface area contributed by atoms with E-state index in [1.807, 2.05) is 11.8 Å². The molecular weight excluding hydrogens is 434 g/mol. The van der Waals surface area contributed by atoms with Crippen LogP contribution in [0.5, 0.6) is 0 Å². The Hall–Kier alpha value is -1.25. The first-order valence-corrected chi connectivity index (χ1v) is 11.6. The molecule has 2 aromatic carbocycles. The second-order valence-electron chi connectivity index (χ2n) is 7.28. The number of rotatable bonds is 6. The lowest BCUT2D eigenvalue weighted by Crippen LogP contribution is -2.47. The van der Waals surface area contributed by atoms with E-state index in [1.165, 1.54) is 26.9 Å². The second kappa shape index (κ2) is 9.05. The largest absolute Gasteiger partial charge is 0.369 e. The van der Waals surface area contributed by atoms with Crippen LogP contribution in [0.25, 0.3) is 0 Å². The first-order chi connectivity index (χ1) is 13.7. The van der Waals surface area contributed by atoms with Gasteiger partial charge in [-0.1, -0.05) is 27.7 Å². The average Bonchev–Trinajstić information content (AvgIpc) is 2.71. The Morgan fingerprint density at radius 2 is 1.57 bits per heavy atom. The molecule has 0 unspecified atom stereocenters. The van der Waals surface area contributed by atoms with Gasteiger partial charge in [0.25, 0.3) is 0 Å². The first kappa shape index (κ1) is 20.0. The van der Waals surface area contributed by atoms with E-state index >= 15 is 0 Å². The van der Waals surface area contributed by atoms with Crippen molar-refractivity contribution in [3.63, 3.8) is 0 Å². The molecule has 0 aromatic heterocycles. The molecule has 1 saturated heterocycles. The summed E-state index contributed by atoms with van der Waals surface area (Å²) in [6, 6.07) is 13.5. The number of fused-ring (bicyclic) bond motifs is 2. The Kier molecular flexibility index (Phi) is 6.48. The molecule has 2 aromatic rings. The monoisotopic (exact) mass is 461 g/mol. The Bertz CT molecular complexity index is 822. The number of benzene rings is 2. The smallest absolute Gasteiger partial charge is 0.0554 e. The number of anilines is 3. The molecule has 2 aliphatic heterocycles. The SMILES string of the molecule is NCCCN1c2ccc(Br)cc2Sc2cc(N3CCN(CCN)CC3)ccc21. The van der Waals surface area contributed by atoms with Crippen LogP contribution in [-0.2, 0) is 0 Å². The van der Waals surface area contributed by atoms with Crippen LogP contribution >= 0.6 is 27.7 Å². The Labute approximate surface area is 180 Å². The van der Waals surface area contributed by atoms with Crippen molar-refractivity contribution in [2.75, 3.05) is 62.2 Å². The molecule has 2 heterocycles. The minimum atomic E-state index is 0.704. The van der Waals surface area contributed by atoms with Crippen LogP contribution in [0.3, 0.4) is 0 Å². The van der Waals surface area contributed by atoms with Crippen molar-refractivity contribution in [2.24, 2.45) is 11.5 Å². The highest BCUT2D eigenvalue weighted by molar-refractivity contribution is 9.10. The third-order valence-corrected chi connectivity index (χ3v) is 7.02. The molecule has 0 bridgehead atoms. The Morgan fingerprint density at radius 3 is 2.29 bits per heavy atom. The molecule has 0 saturated carbocycles. The number of piperazine rings is 1. The van der Waals surface area contributed by atoms with Crippen LogP contribution in [0.4, 0.5) is 17.1 Å². The van der Waals surface area contributed by atoms with Crippen molar-refractivity contribution in [1.29, 1.82) is 0 Å². The van der Waals surface area contributed by atoms with Crippen LogP contribution in [0.1, 0.15) is 6.42 Å². The van der Waals surface area contributed by atoms with Crippen LogP contribution in [0.2, 0.25) is 0 Å². The average molecular weight is 462 g/mol. The van der Waals surface area contributed by atoms with Crippen molar-refractivity contribution < 1.29 is 0 Å². The summed E-state index contributed by atoms with van der Waals surface area (Å²) in [7, 11) is 0. The molecule has 7 heteroatoms. The van der Waals surface area contributed by atoms with Gasteiger partial charge in [-0.3, -0.25) is 4.90 Å². The van der Waals surface area contributed by atoms with E-state index in [-0.39, 0.29) is 0 Å². The quantitative estimate of drug-likeness (QED) is 0.686. The van der Waals surface area contributed by atoms with Gasteiger partial charge in [0.05, 0.1) is 11.4 Å². The highest BCUT2D eigenvalue weighted by Gasteiger charge is 2.25. The van der Waals surface area contributed by atoms with E-state index in [4.69, 9.17) is 11.5 Å². The normalized spacial score (nSPS) is 16.8. The van der Waals surface area contributed by atoms with Gasteiger partial charge in [-0.2, -0.15) is 0 Å². The Morgan fingerprint density at radius 1 is 0.857 bits per heavy atom. The predicted octanol–water partition coefficient (Wildman–Crippen LogP) is 3.48. The van der Waals surface area contributed by atoms with Crippen molar-refractivity contribution in [2.45, 2.75) is 16.2 Å². The number of nitrogens with two attached hydrogens (primary N) is 2. The van der Waals surface area contributed by atoms with Crippen molar-refractivity contribution in [3.8, 4) is 0 Å². The number of nitrogens with zero attached hydrogens (tertiary/aromatic N) is 3. The zero-order valence-corrected chi connectivity index (χ0v) is 18.5. The molecule has 5 nitrogen and oxygen atoms in total. The van der Waals surface area contributed by atoms with Crippen LogP contribution in [0.15, 0.2) is 50.7 Å². The van der Waals surface area contributed by atoms with Crippen LogP contribution in [-0.4, -0.2) is 57.3 Å². The van der Waals surface area contributed by atoms with Crippen LogP contribution < -0.4 is 21.3 Å². The lowest BCUT2D eigenvalue weighted by atomic mass is 10.1. The summed E-state index contributed by atoms with van der Waals surface area (Å²) < 4.78 is 1.12. The molecule has 0 amide bonds. The van der Waals surface area contributed by atoms with E-state index in [2.05, 4.69) is 67.0 Å². The third-order valence-electron chi connectivity index (χ3n) is 5.44. The lowest BCUT2D eigenvalue weighted by Gasteiger charge is -2.37. The third kappa shape index (κ3) is 4.19. The highest BCUT2D eigenvalue weighted by atomic mass is 79.9. The molecule has 0 spiro atoms. The van der Waals surface area contributed by atoms with E-state index in [0.717, 1.165) is 56.7 Å². The van der Waals surface area contributed by atoms with Gasteiger partial charge in [-0.15, -0.1) is 0 Å². The van der Waals surface area contributed by atoms with E-state index < -0.39 is 0 Å². The number of hydrogen-bond donors (Lipinski definition) is 2. The fourth-order valence-electron chi connectivity index (χ4n) is 3.95. The van der Waals surface area contributed by atoms with Gasteiger partial charge >= 0.3 is 0 Å². The molecule has 4 N–H and O–H groups in total. The number of hydrogen-bond acceptors (Lipinski definition) is 6. The summed E-state index contributed by atoms with van der Waals surface area (Å²) in [5.74, 6) is 0. The highest BCUT2D eigenvalue weighted by Crippen LogP contribution is 2.49. The van der Waals surface area contributed by atoms with Gasteiger partial charge in [0.15, 0.2) is 0 Å². The van der Waals surface area contributed by atoms with Crippen LogP contribution in [0, 0.1) is 0 Å². The minimum absolute atomic E-state index is 0.704. The summed E-state index contributed by atoms with van der Waals surface area (Å²) in [6.45, 7) is 7.66. The van der Waals surface area contributed by atoms with Crippen molar-refractivity contribution >= 4 is 44.8 Å². The summed E-state index contributed by atoms with van der Waals surface area (Å²) in [6.07, 6.45) is 0.977. The summed E-state index contributed by atoms with van der Waals surface area (Å²) in [5.41, 5.74) is 15.4. The fourth-order valence-corrected chi connectivity index (χ4v) is 5.63.